The number of benzene rings is 2. The summed E-state index contributed by atoms with van der Waals surface area (Å²) in [4.78, 5) is 12.0. The molecule has 0 aromatic heterocycles. The molecule has 2 aromatic carbocycles. The van der Waals surface area contributed by atoms with E-state index >= 15 is 0 Å². The number of aryl methyl sites for hydroxylation is 1. The van der Waals surface area contributed by atoms with E-state index in [4.69, 9.17) is 11.6 Å². The van der Waals surface area contributed by atoms with Crippen molar-refractivity contribution in [2.75, 3.05) is 5.32 Å². The highest BCUT2D eigenvalue weighted by atomic mass is 35.5. The molecule has 2 heterocycles. The van der Waals surface area contributed by atoms with Crippen molar-refractivity contribution >= 4 is 23.2 Å². The van der Waals surface area contributed by atoms with Crippen LogP contribution in [0.4, 0.5) is 5.69 Å². The van der Waals surface area contributed by atoms with Gasteiger partial charge in [0.25, 0.3) is 0 Å². The van der Waals surface area contributed by atoms with Crippen molar-refractivity contribution in [3.63, 3.8) is 0 Å². The number of rotatable bonds is 1. The lowest BCUT2D eigenvalue weighted by molar-refractivity contribution is -0.124. The van der Waals surface area contributed by atoms with Crippen molar-refractivity contribution in [1.29, 1.82) is 0 Å². The average Bonchev–Trinajstić information content (AvgIpc) is 2.55. The number of hydrogen-bond acceptors (Lipinski definition) is 2. The van der Waals surface area contributed by atoms with E-state index in [0.29, 0.717) is 12.3 Å². The van der Waals surface area contributed by atoms with Crippen LogP contribution in [0.5, 0.6) is 0 Å². The number of piperidine rings is 1. The average molecular weight is 327 g/mol. The lowest BCUT2D eigenvalue weighted by Crippen LogP contribution is -2.45. The van der Waals surface area contributed by atoms with Crippen LogP contribution < -0.4 is 10.6 Å². The fourth-order valence-electron chi connectivity index (χ4n) is 3.83. The van der Waals surface area contributed by atoms with Gasteiger partial charge in [-0.25, -0.2) is 0 Å². The summed E-state index contributed by atoms with van der Waals surface area (Å²) in [7, 11) is 0. The standard InChI is InChI=1S/C19H19ClN2O/c1-11-2-8-16-15(10-11)19-14(7-9-17(23)22-19)18(21-16)12-3-5-13(20)6-4-12/h2-6,8,10,14,18-19,21H,7,9H2,1H3,(H,22,23)/t14-,18-,19-/m0/s1. The zero-order chi connectivity index (χ0) is 16.0. The molecule has 0 aliphatic carbocycles. The van der Waals surface area contributed by atoms with Gasteiger partial charge in [-0.1, -0.05) is 41.4 Å². The Balaban J connectivity index is 1.78. The minimum Gasteiger partial charge on any atom is -0.378 e. The molecule has 1 saturated heterocycles. The first-order valence-corrected chi connectivity index (χ1v) is 8.41. The minimum absolute atomic E-state index is 0.0769. The summed E-state index contributed by atoms with van der Waals surface area (Å²) in [6, 6.07) is 14.7. The summed E-state index contributed by atoms with van der Waals surface area (Å²) < 4.78 is 0. The molecule has 1 amide bonds. The summed E-state index contributed by atoms with van der Waals surface area (Å²) in [6.07, 6.45) is 1.48. The number of hydrogen-bond donors (Lipinski definition) is 2. The van der Waals surface area contributed by atoms with Crippen molar-refractivity contribution in [1.82, 2.24) is 5.32 Å². The quantitative estimate of drug-likeness (QED) is 0.816. The number of carbonyl (C=O) groups excluding carboxylic acids is 1. The third-order valence-electron chi connectivity index (χ3n) is 4.96. The molecule has 2 aliphatic rings. The molecule has 2 N–H and O–H groups in total. The van der Waals surface area contributed by atoms with Gasteiger partial charge in [-0.15, -0.1) is 0 Å². The predicted molar refractivity (Wildman–Crippen MR) is 92.6 cm³/mol. The summed E-state index contributed by atoms with van der Waals surface area (Å²) in [6.45, 7) is 2.09. The molecule has 118 valence electrons. The third-order valence-corrected chi connectivity index (χ3v) is 5.21. The van der Waals surface area contributed by atoms with Gasteiger partial charge in [0.2, 0.25) is 5.91 Å². The largest absolute Gasteiger partial charge is 0.378 e. The van der Waals surface area contributed by atoms with Gasteiger partial charge < -0.3 is 10.6 Å². The highest BCUT2D eigenvalue weighted by Crippen LogP contribution is 2.47. The maximum absolute atomic E-state index is 12.0. The molecule has 4 heteroatoms. The molecule has 0 spiro atoms. The lowest BCUT2D eigenvalue weighted by Gasteiger charge is -2.44. The summed E-state index contributed by atoms with van der Waals surface area (Å²) in [5, 5.41) is 7.63. The highest BCUT2D eigenvalue weighted by Gasteiger charge is 2.40. The van der Waals surface area contributed by atoms with Crippen molar-refractivity contribution in [3.8, 4) is 0 Å². The maximum atomic E-state index is 12.0. The number of fused-ring (bicyclic) bond motifs is 3. The Morgan fingerprint density at radius 3 is 2.61 bits per heavy atom. The van der Waals surface area contributed by atoms with Crippen LogP contribution >= 0.6 is 11.6 Å². The van der Waals surface area contributed by atoms with Crippen LogP contribution in [0.2, 0.25) is 5.02 Å². The zero-order valence-corrected chi connectivity index (χ0v) is 13.7. The Kier molecular flexibility index (Phi) is 3.53. The normalized spacial score (nSPS) is 25.8. The molecular formula is C19H19ClN2O. The first kappa shape index (κ1) is 14.6. The van der Waals surface area contributed by atoms with Crippen LogP contribution in [0, 0.1) is 12.8 Å². The van der Waals surface area contributed by atoms with Crippen LogP contribution in [0.3, 0.4) is 0 Å². The summed E-state index contributed by atoms with van der Waals surface area (Å²) in [5.41, 5.74) is 4.74. The van der Waals surface area contributed by atoms with Gasteiger partial charge in [-0.2, -0.15) is 0 Å². The molecule has 2 aromatic rings. The molecule has 0 unspecified atom stereocenters. The number of carbonyl (C=O) groups is 1. The van der Waals surface area contributed by atoms with Gasteiger partial charge in [0.1, 0.15) is 0 Å². The smallest absolute Gasteiger partial charge is 0.220 e. The molecule has 4 rings (SSSR count). The van der Waals surface area contributed by atoms with Gasteiger partial charge >= 0.3 is 0 Å². The first-order chi connectivity index (χ1) is 11.1. The SMILES string of the molecule is Cc1ccc2c(c1)[C@H]1NC(=O)CC[C@H]1[C@H](c1ccc(Cl)cc1)N2. The van der Waals surface area contributed by atoms with Gasteiger partial charge in [0.15, 0.2) is 0 Å². The highest BCUT2D eigenvalue weighted by molar-refractivity contribution is 6.30. The fraction of sp³-hybridized carbons (Fsp3) is 0.316. The first-order valence-electron chi connectivity index (χ1n) is 8.04. The van der Waals surface area contributed by atoms with Gasteiger partial charge in [-0.05, 0) is 42.7 Å². The second-order valence-electron chi connectivity index (χ2n) is 6.51. The predicted octanol–water partition coefficient (Wildman–Crippen LogP) is 4.38. The Morgan fingerprint density at radius 1 is 1.04 bits per heavy atom. The van der Waals surface area contributed by atoms with E-state index in [9.17, 15) is 4.79 Å². The van der Waals surface area contributed by atoms with E-state index in [1.54, 1.807) is 0 Å². The van der Waals surface area contributed by atoms with Crippen LogP contribution in [0.1, 0.15) is 41.6 Å². The van der Waals surface area contributed by atoms with Crippen molar-refractivity contribution in [2.24, 2.45) is 5.92 Å². The molecule has 0 saturated carbocycles. The van der Waals surface area contributed by atoms with Crippen LogP contribution in [0.25, 0.3) is 0 Å². The Morgan fingerprint density at radius 2 is 1.83 bits per heavy atom. The van der Waals surface area contributed by atoms with Crippen LogP contribution in [-0.2, 0) is 4.79 Å². The zero-order valence-electron chi connectivity index (χ0n) is 13.0. The molecule has 3 nitrogen and oxygen atoms in total. The topological polar surface area (TPSA) is 41.1 Å². The maximum Gasteiger partial charge on any atom is 0.220 e. The molecule has 2 aliphatic heterocycles. The minimum atomic E-state index is 0.0769. The van der Waals surface area contributed by atoms with E-state index in [1.165, 1.54) is 16.7 Å². The van der Waals surface area contributed by atoms with Crippen molar-refractivity contribution in [3.05, 3.63) is 64.2 Å². The lowest BCUT2D eigenvalue weighted by atomic mass is 9.75. The van der Waals surface area contributed by atoms with Gasteiger partial charge in [0, 0.05) is 23.0 Å². The number of nitrogens with one attached hydrogen (secondary N) is 2. The van der Waals surface area contributed by atoms with Crippen molar-refractivity contribution in [2.45, 2.75) is 31.8 Å². The van der Waals surface area contributed by atoms with Crippen LogP contribution in [0.15, 0.2) is 42.5 Å². The van der Waals surface area contributed by atoms with E-state index in [0.717, 1.165) is 17.1 Å². The van der Waals surface area contributed by atoms with E-state index in [1.807, 2.05) is 12.1 Å². The Hall–Kier alpha value is -2.00. The van der Waals surface area contributed by atoms with Gasteiger partial charge in [0.05, 0.1) is 12.1 Å². The van der Waals surface area contributed by atoms with Crippen LogP contribution in [-0.4, -0.2) is 5.91 Å². The third kappa shape index (κ3) is 2.59. The molecule has 1 fully saturated rings. The fourth-order valence-corrected chi connectivity index (χ4v) is 3.96. The van der Waals surface area contributed by atoms with Gasteiger partial charge in [-0.3, -0.25) is 4.79 Å². The second-order valence-corrected chi connectivity index (χ2v) is 6.95. The van der Waals surface area contributed by atoms with E-state index in [2.05, 4.69) is 47.9 Å². The van der Waals surface area contributed by atoms with Crippen molar-refractivity contribution < 1.29 is 4.79 Å². The van der Waals surface area contributed by atoms with E-state index in [-0.39, 0.29) is 18.0 Å². The molecule has 23 heavy (non-hydrogen) atoms. The monoisotopic (exact) mass is 326 g/mol. The molecule has 0 radical (unpaired) electrons. The number of anilines is 1. The summed E-state index contributed by atoms with van der Waals surface area (Å²) >= 11 is 6.03. The molecule has 0 bridgehead atoms. The summed E-state index contributed by atoms with van der Waals surface area (Å²) in [5.74, 6) is 0.499. The second kappa shape index (κ2) is 5.57. The molecule has 3 atom stereocenters. The molecular weight excluding hydrogens is 308 g/mol. The number of halogens is 1. The van der Waals surface area contributed by atoms with E-state index < -0.39 is 0 Å². The number of amides is 1. The Labute approximate surface area is 141 Å². The Bertz CT molecular complexity index is 756.